The fourth-order valence-electron chi connectivity index (χ4n) is 4.42. The highest BCUT2D eigenvalue weighted by atomic mass is 32.1. The van der Waals surface area contributed by atoms with Gasteiger partial charge in [0.15, 0.2) is 0 Å². The minimum absolute atomic E-state index is 0.0717. The molecular formula is C26H38N2O3S. The summed E-state index contributed by atoms with van der Waals surface area (Å²) in [6.07, 6.45) is 10.2. The first-order valence-electron chi connectivity index (χ1n) is 12.3. The van der Waals surface area contributed by atoms with Crippen molar-refractivity contribution in [1.29, 1.82) is 0 Å². The molecule has 2 aliphatic carbocycles. The molecule has 5 rings (SSSR count). The second-order valence-corrected chi connectivity index (χ2v) is 9.56. The van der Waals surface area contributed by atoms with Crippen molar-refractivity contribution in [2.24, 2.45) is 5.92 Å². The topological polar surface area (TPSA) is 62.7 Å². The number of nitrogens with zero attached hydrogens (tertiary/aromatic N) is 2. The number of benzene rings is 1. The molecule has 2 aromatic rings. The lowest BCUT2D eigenvalue weighted by Gasteiger charge is -2.39. The number of carbonyl (C=O) groups excluding carboxylic acids is 1. The van der Waals surface area contributed by atoms with Gasteiger partial charge in [0.25, 0.3) is 0 Å². The molecule has 1 atom stereocenters. The van der Waals surface area contributed by atoms with E-state index in [1.54, 1.807) is 23.5 Å². The zero-order valence-electron chi connectivity index (χ0n) is 19.8. The number of thiazole rings is 1. The van der Waals surface area contributed by atoms with E-state index in [4.69, 9.17) is 4.74 Å². The molecule has 0 spiro atoms. The standard InChI is InChI=1S/C15H15NO3S.C9H17N.C2H6/c1-2-19-15(18)10-7-12-13(8-10)20-14(16-12)9-3-5-11(17)6-4-9;1-2-7-10(8-3-1)9-5-4-6-9;1-2/h3-6,10,17H,2,7-8H2,1H3;9H,1-8H2;1-2H3. The van der Waals surface area contributed by atoms with Crippen LogP contribution in [-0.2, 0) is 22.4 Å². The number of likely N-dealkylation sites (tertiary alicyclic amines) is 1. The van der Waals surface area contributed by atoms with Crippen LogP contribution in [-0.4, -0.2) is 46.7 Å². The second-order valence-electron chi connectivity index (χ2n) is 8.47. The van der Waals surface area contributed by atoms with Crippen molar-refractivity contribution in [3.63, 3.8) is 0 Å². The molecule has 1 aromatic carbocycles. The molecule has 2 heterocycles. The van der Waals surface area contributed by atoms with E-state index in [0.29, 0.717) is 13.0 Å². The summed E-state index contributed by atoms with van der Waals surface area (Å²) in [5.41, 5.74) is 2.01. The lowest BCUT2D eigenvalue weighted by atomic mass is 9.90. The van der Waals surface area contributed by atoms with E-state index in [9.17, 15) is 9.90 Å². The Bertz CT molecular complexity index is 816. The van der Waals surface area contributed by atoms with Gasteiger partial charge in [0, 0.05) is 22.9 Å². The van der Waals surface area contributed by atoms with Gasteiger partial charge in [-0.1, -0.05) is 26.7 Å². The van der Waals surface area contributed by atoms with Crippen molar-refractivity contribution in [2.75, 3.05) is 19.7 Å². The van der Waals surface area contributed by atoms with Crippen molar-refractivity contribution in [1.82, 2.24) is 9.88 Å². The molecule has 0 amide bonds. The van der Waals surface area contributed by atoms with E-state index in [1.165, 1.54) is 56.5 Å². The number of fused-ring (bicyclic) bond motifs is 1. The van der Waals surface area contributed by atoms with Crippen LogP contribution in [0.25, 0.3) is 10.6 Å². The van der Waals surface area contributed by atoms with Crippen LogP contribution in [0.2, 0.25) is 0 Å². The van der Waals surface area contributed by atoms with Gasteiger partial charge in [-0.15, -0.1) is 11.3 Å². The van der Waals surface area contributed by atoms with E-state index in [-0.39, 0.29) is 17.6 Å². The van der Waals surface area contributed by atoms with E-state index < -0.39 is 0 Å². The van der Waals surface area contributed by atoms with E-state index in [2.05, 4.69) is 9.88 Å². The van der Waals surface area contributed by atoms with Gasteiger partial charge in [0.1, 0.15) is 10.8 Å². The highest BCUT2D eigenvalue weighted by Gasteiger charge is 2.31. The van der Waals surface area contributed by atoms with Gasteiger partial charge in [0.2, 0.25) is 0 Å². The number of carbonyl (C=O) groups is 1. The largest absolute Gasteiger partial charge is 0.508 e. The van der Waals surface area contributed by atoms with E-state index in [0.717, 1.165) is 28.7 Å². The molecule has 1 N–H and O–H groups in total. The first-order valence-corrected chi connectivity index (χ1v) is 13.1. The minimum atomic E-state index is -0.121. The molecule has 176 valence electrons. The van der Waals surface area contributed by atoms with Gasteiger partial charge in [-0.25, -0.2) is 4.98 Å². The van der Waals surface area contributed by atoms with Crippen molar-refractivity contribution in [3.8, 4) is 16.3 Å². The average Bonchev–Trinajstić information content (AvgIpc) is 3.36. The highest BCUT2D eigenvalue weighted by molar-refractivity contribution is 7.15. The third-order valence-electron chi connectivity index (χ3n) is 6.37. The Balaban J connectivity index is 0.000000201. The molecule has 5 nitrogen and oxygen atoms in total. The summed E-state index contributed by atoms with van der Waals surface area (Å²) in [5.74, 6) is 0.0571. The smallest absolute Gasteiger partial charge is 0.309 e. The van der Waals surface area contributed by atoms with E-state index in [1.807, 2.05) is 32.9 Å². The Kier molecular flexibility index (Phi) is 9.54. The number of ether oxygens (including phenoxy) is 1. The Labute approximate surface area is 196 Å². The summed E-state index contributed by atoms with van der Waals surface area (Å²) in [7, 11) is 0. The Hall–Kier alpha value is -1.92. The molecule has 3 aliphatic rings. The summed E-state index contributed by atoms with van der Waals surface area (Å²) in [5, 5.41) is 10.2. The molecule has 1 saturated carbocycles. The zero-order chi connectivity index (χ0) is 22.9. The minimum Gasteiger partial charge on any atom is -0.508 e. The van der Waals surface area contributed by atoms with Crippen molar-refractivity contribution in [2.45, 2.75) is 78.2 Å². The Morgan fingerprint density at radius 3 is 2.34 bits per heavy atom. The first kappa shape index (κ1) is 24.7. The average molecular weight is 459 g/mol. The zero-order valence-corrected chi connectivity index (χ0v) is 20.6. The summed E-state index contributed by atoms with van der Waals surface area (Å²) in [6, 6.07) is 8.02. The van der Waals surface area contributed by atoms with Crippen LogP contribution in [0, 0.1) is 5.92 Å². The molecule has 1 unspecified atom stereocenters. The Morgan fingerprint density at radius 2 is 1.78 bits per heavy atom. The molecule has 0 bridgehead atoms. The van der Waals surface area contributed by atoms with Crippen molar-refractivity contribution < 1.29 is 14.6 Å². The van der Waals surface area contributed by atoms with Gasteiger partial charge >= 0.3 is 5.97 Å². The van der Waals surface area contributed by atoms with Gasteiger partial charge in [-0.2, -0.15) is 0 Å². The summed E-state index contributed by atoms with van der Waals surface area (Å²) >= 11 is 1.62. The predicted molar refractivity (Wildman–Crippen MR) is 131 cm³/mol. The number of rotatable bonds is 4. The van der Waals surface area contributed by atoms with Crippen LogP contribution in [0.3, 0.4) is 0 Å². The van der Waals surface area contributed by atoms with Crippen LogP contribution in [0.4, 0.5) is 0 Å². The fourth-order valence-corrected chi connectivity index (χ4v) is 5.60. The second kappa shape index (κ2) is 12.4. The van der Waals surface area contributed by atoms with Gasteiger partial charge in [-0.3, -0.25) is 4.79 Å². The summed E-state index contributed by atoms with van der Waals surface area (Å²) < 4.78 is 5.06. The normalized spacial score (nSPS) is 20.2. The lowest BCUT2D eigenvalue weighted by Crippen LogP contribution is -2.42. The number of hydrogen-bond acceptors (Lipinski definition) is 6. The van der Waals surface area contributed by atoms with Gasteiger partial charge in [0.05, 0.1) is 18.2 Å². The lowest BCUT2D eigenvalue weighted by molar-refractivity contribution is -0.147. The number of esters is 1. The molecule has 6 heteroatoms. The number of phenols is 1. The maximum absolute atomic E-state index is 11.7. The van der Waals surface area contributed by atoms with Crippen LogP contribution >= 0.6 is 11.3 Å². The molecule has 2 fully saturated rings. The maximum Gasteiger partial charge on any atom is 0.309 e. The molecule has 1 saturated heterocycles. The fraction of sp³-hybridized carbons (Fsp3) is 0.615. The summed E-state index contributed by atoms with van der Waals surface area (Å²) in [4.78, 5) is 20.2. The number of piperidine rings is 1. The van der Waals surface area contributed by atoms with Gasteiger partial charge in [-0.05, 0) is 76.4 Å². The molecule has 1 aliphatic heterocycles. The Morgan fingerprint density at radius 1 is 1.09 bits per heavy atom. The van der Waals surface area contributed by atoms with Crippen molar-refractivity contribution >= 4 is 17.3 Å². The SMILES string of the molecule is C1CCN(C2CCC2)CC1.CC.CCOC(=O)C1Cc2nc(-c3ccc(O)cc3)sc2C1. The van der Waals surface area contributed by atoms with Crippen LogP contribution in [0.15, 0.2) is 24.3 Å². The van der Waals surface area contributed by atoms with Crippen LogP contribution in [0.5, 0.6) is 5.75 Å². The van der Waals surface area contributed by atoms with E-state index >= 15 is 0 Å². The number of hydrogen-bond donors (Lipinski definition) is 1. The first-order chi connectivity index (χ1) is 15.6. The van der Waals surface area contributed by atoms with Crippen molar-refractivity contribution in [3.05, 3.63) is 34.8 Å². The predicted octanol–water partition coefficient (Wildman–Crippen LogP) is 5.84. The third-order valence-corrected chi connectivity index (χ3v) is 7.53. The van der Waals surface area contributed by atoms with Crippen LogP contribution < -0.4 is 0 Å². The third kappa shape index (κ3) is 6.32. The molecule has 1 aromatic heterocycles. The quantitative estimate of drug-likeness (QED) is 0.583. The highest BCUT2D eigenvalue weighted by Crippen LogP contribution is 2.36. The maximum atomic E-state index is 11.7. The van der Waals surface area contributed by atoms with Gasteiger partial charge < -0.3 is 14.7 Å². The molecular weight excluding hydrogens is 420 g/mol. The number of aromatic hydroxyl groups is 1. The summed E-state index contributed by atoms with van der Waals surface area (Å²) in [6.45, 7) is 9.04. The molecule has 32 heavy (non-hydrogen) atoms. The number of aromatic nitrogens is 1. The number of phenolic OH excluding ortho intramolecular Hbond substituents is 1. The monoisotopic (exact) mass is 458 g/mol. The molecule has 0 radical (unpaired) electrons. The van der Waals surface area contributed by atoms with Crippen LogP contribution in [0.1, 0.15) is 69.9 Å².